The predicted octanol–water partition coefficient (Wildman–Crippen LogP) is 4.80. The lowest BCUT2D eigenvalue weighted by atomic mass is 10.0. The third-order valence-corrected chi connectivity index (χ3v) is 5.22. The van der Waals surface area contributed by atoms with Gasteiger partial charge in [0.2, 0.25) is 0 Å². The molecule has 0 saturated carbocycles. The zero-order chi connectivity index (χ0) is 19.8. The molecule has 0 aliphatic carbocycles. The Kier molecular flexibility index (Phi) is 7.78. The van der Waals surface area contributed by atoms with Gasteiger partial charge in [-0.1, -0.05) is 42.0 Å². The van der Waals surface area contributed by atoms with Gasteiger partial charge in [-0.25, -0.2) is 0 Å². The summed E-state index contributed by atoms with van der Waals surface area (Å²) < 4.78 is 11.5. The number of hydrogen-bond donors (Lipinski definition) is 1. The number of rotatable bonds is 8. The van der Waals surface area contributed by atoms with E-state index in [1.165, 1.54) is 5.56 Å². The van der Waals surface area contributed by atoms with Gasteiger partial charge in [0.1, 0.15) is 0 Å². The van der Waals surface area contributed by atoms with Crippen molar-refractivity contribution in [3.05, 3.63) is 64.7 Å². The van der Waals surface area contributed by atoms with Gasteiger partial charge < -0.3 is 14.8 Å². The number of allylic oxidation sites excluding steroid dienone is 1. The second-order valence-corrected chi connectivity index (χ2v) is 7.36. The molecule has 0 spiro atoms. The number of ether oxygens (including phenoxy) is 2. The Balaban J connectivity index is 1.55. The maximum Gasteiger partial charge on any atom is 0.161 e. The lowest BCUT2D eigenvalue weighted by molar-refractivity contribution is 0.149. The highest BCUT2D eigenvalue weighted by Crippen LogP contribution is 2.29. The first kappa shape index (κ1) is 20.7. The van der Waals surface area contributed by atoms with E-state index in [4.69, 9.17) is 21.1 Å². The van der Waals surface area contributed by atoms with Crippen molar-refractivity contribution in [2.24, 2.45) is 0 Å². The van der Waals surface area contributed by atoms with Crippen LogP contribution < -0.4 is 14.8 Å². The molecule has 1 atom stereocenters. The minimum absolute atomic E-state index is 0.349. The minimum Gasteiger partial charge on any atom is -0.493 e. The van der Waals surface area contributed by atoms with Crippen LogP contribution >= 0.6 is 11.6 Å². The van der Waals surface area contributed by atoms with Gasteiger partial charge in [-0.2, -0.15) is 0 Å². The molecule has 0 amide bonds. The van der Waals surface area contributed by atoms with E-state index in [0.717, 1.165) is 54.7 Å². The van der Waals surface area contributed by atoms with Crippen molar-refractivity contribution in [3.63, 3.8) is 0 Å². The summed E-state index contributed by atoms with van der Waals surface area (Å²) in [6.45, 7) is 6.63. The average molecular weight is 401 g/mol. The molecule has 0 radical (unpaired) electrons. The van der Waals surface area contributed by atoms with Crippen LogP contribution in [0.2, 0.25) is 5.02 Å². The normalized spacial score (nSPS) is 17.8. The maximum atomic E-state index is 6.19. The van der Waals surface area contributed by atoms with Crippen molar-refractivity contribution in [3.8, 4) is 11.5 Å². The molecule has 1 aliphatic heterocycles. The Morgan fingerprint density at radius 3 is 2.89 bits per heavy atom. The van der Waals surface area contributed by atoms with Gasteiger partial charge in [0.25, 0.3) is 0 Å². The molecular formula is C23H29ClN2O2. The molecule has 1 aliphatic rings. The molecule has 1 fully saturated rings. The molecule has 150 valence electrons. The number of halogens is 1. The number of piperazine rings is 1. The van der Waals surface area contributed by atoms with Crippen LogP contribution in [0.4, 0.5) is 0 Å². The standard InChI is InChI=1S/C23H29ClN2O2/c1-3-6-18-9-10-22(23(15-18)27-2)28-14-5-12-26-13-11-25-17-21(26)19-7-4-8-20(24)16-19/h3-4,6-10,15-16,21,25H,5,11-14,17H2,1-2H3. The Bertz CT molecular complexity index is 794. The fraction of sp³-hybridized carbons (Fsp3) is 0.391. The maximum absolute atomic E-state index is 6.19. The Morgan fingerprint density at radius 1 is 1.21 bits per heavy atom. The minimum atomic E-state index is 0.349. The summed E-state index contributed by atoms with van der Waals surface area (Å²) in [5, 5.41) is 4.28. The number of benzene rings is 2. The van der Waals surface area contributed by atoms with Crippen molar-refractivity contribution in [1.82, 2.24) is 10.2 Å². The first-order valence-corrected chi connectivity index (χ1v) is 10.2. The van der Waals surface area contributed by atoms with Gasteiger partial charge >= 0.3 is 0 Å². The van der Waals surface area contributed by atoms with Gasteiger partial charge in [-0.05, 0) is 48.7 Å². The van der Waals surface area contributed by atoms with Gasteiger partial charge in [-0.15, -0.1) is 0 Å². The molecule has 1 N–H and O–H groups in total. The lowest BCUT2D eigenvalue weighted by Crippen LogP contribution is -2.46. The van der Waals surface area contributed by atoms with Crippen LogP contribution in [0.1, 0.15) is 30.5 Å². The molecule has 0 aromatic heterocycles. The van der Waals surface area contributed by atoms with E-state index in [1.54, 1.807) is 7.11 Å². The van der Waals surface area contributed by atoms with Crippen molar-refractivity contribution >= 4 is 17.7 Å². The number of nitrogens with zero attached hydrogens (tertiary/aromatic N) is 1. The van der Waals surface area contributed by atoms with Crippen molar-refractivity contribution in [2.45, 2.75) is 19.4 Å². The summed E-state index contributed by atoms with van der Waals surface area (Å²) >= 11 is 6.19. The molecule has 2 aromatic carbocycles. The van der Waals surface area contributed by atoms with Gasteiger partial charge in [0.15, 0.2) is 11.5 Å². The summed E-state index contributed by atoms with van der Waals surface area (Å²) in [6.07, 6.45) is 5.02. The molecule has 28 heavy (non-hydrogen) atoms. The largest absolute Gasteiger partial charge is 0.493 e. The number of hydrogen-bond acceptors (Lipinski definition) is 4. The zero-order valence-electron chi connectivity index (χ0n) is 16.7. The smallest absolute Gasteiger partial charge is 0.161 e. The van der Waals surface area contributed by atoms with E-state index < -0.39 is 0 Å². The first-order valence-electron chi connectivity index (χ1n) is 9.85. The zero-order valence-corrected chi connectivity index (χ0v) is 17.4. The molecule has 1 saturated heterocycles. The third kappa shape index (κ3) is 5.51. The van der Waals surface area contributed by atoms with Crippen LogP contribution in [0.15, 0.2) is 48.5 Å². The van der Waals surface area contributed by atoms with Crippen molar-refractivity contribution in [2.75, 3.05) is 39.9 Å². The Labute approximate surface area is 173 Å². The Hall–Kier alpha value is -2.01. The highest BCUT2D eigenvalue weighted by Gasteiger charge is 2.23. The quantitative estimate of drug-likeness (QED) is 0.645. The van der Waals surface area contributed by atoms with Gasteiger partial charge in [0, 0.05) is 37.2 Å². The van der Waals surface area contributed by atoms with Crippen molar-refractivity contribution in [1.29, 1.82) is 0 Å². The fourth-order valence-electron chi connectivity index (χ4n) is 3.61. The topological polar surface area (TPSA) is 33.7 Å². The molecule has 1 unspecified atom stereocenters. The SMILES string of the molecule is CC=Cc1ccc(OCCCN2CCNCC2c2cccc(Cl)c2)c(OC)c1. The van der Waals surface area contributed by atoms with Crippen LogP contribution in [0.5, 0.6) is 11.5 Å². The number of methoxy groups -OCH3 is 1. The second-order valence-electron chi connectivity index (χ2n) is 6.92. The van der Waals surface area contributed by atoms with E-state index in [1.807, 2.05) is 49.4 Å². The first-order chi connectivity index (χ1) is 13.7. The van der Waals surface area contributed by atoms with Crippen LogP contribution in [-0.2, 0) is 0 Å². The molecular weight excluding hydrogens is 372 g/mol. The Morgan fingerprint density at radius 2 is 2.11 bits per heavy atom. The van der Waals surface area contributed by atoms with E-state index >= 15 is 0 Å². The van der Waals surface area contributed by atoms with Crippen LogP contribution in [0.25, 0.3) is 6.08 Å². The van der Waals surface area contributed by atoms with E-state index in [9.17, 15) is 0 Å². The summed E-state index contributed by atoms with van der Waals surface area (Å²) in [5.41, 5.74) is 2.37. The van der Waals surface area contributed by atoms with E-state index in [0.29, 0.717) is 12.6 Å². The van der Waals surface area contributed by atoms with Gasteiger partial charge in [-0.3, -0.25) is 4.90 Å². The summed E-state index contributed by atoms with van der Waals surface area (Å²) in [6, 6.07) is 14.6. The average Bonchev–Trinajstić information content (AvgIpc) is 2.72. The summed E-state index contributed by atoms with van der Waals surface area (Å²) in [7, 11) is 1.68. The predicted molar refractivity (Wildman–Crippen MR) is 116 cm³/mol. The number of nitrogens with one attached hydrogen (secondary N) is 1. The molecule has 1 heterocycles. The molecule has 3 rings (SSSR count). The highest BCUT2D eigenvalue weighted by atomic mass is 35.5. The molecule has 0 bridgehead atoms. The highest BCUT2D eigenvalue weighted by molar-refractivity contribution is 6.30. The van der Waals surface area contributed by atoms with Crippen LogP contribution in [-0.4, -0.2) is 44.8 Å². The monoisotopic (exact) mass is 400 g/mol. The fourth-order valence-corrected chi connectivity index (χ4v) is 3.80. The second kappa shape index (κ2) is 10.5. The molecule has 2 aromatic rings. The van der Waals surface area contributed by atoms with E-state index in [2.05, 4.69) is 22.3 Å². The van der Waals surface area contributed by atoms with Crippen molar-refractivity contribution < 1.29 is 9.47 Å². The molecule has 4 nitrogen and oxygen atoms in total. The van der Waals surface area contributed by atoms with Crippen LogP contribution in [0, 0.1) is 0 Å². The van der Waals surface area contributed by atoms with Crippen LogP contribution in [0.3, 0.4) is 0 Å². The third-order valence-electron chi connectivity index (χ3n) is 4.98. The lowest BCUT2D eigenvalue weighted by Gasteiger charge is -2.36. The van der Waals surface area contributed by atoms with E-state index in [-0.39, 0.29) is 0 Å². The summed E-state index contributed by atoms with van der Waals surface area (Å²) in [4.78, 5) is 2.51. The molecule has 5 heteroatoms. The van der Waals surface area contributed by atoms with Gasteiger partial charge in [0.05, 0.1) is 13.7 Å². The summed E-state index contributed by atoms with van der Waals surface area (Å²) in [5.74, 6) is 1.57.